The van der Waals surface area contributed by atoms with Crippen LogP contribution in [-0.2, 0) is 6.18 Å². The molecule has 0 saturated heterocycles. The number of hydrogen-bond acceptors (Lipinski definition) is 1. The van der Waals surface area contributed by atoms with Crippen molar-refractivity contribution >= 4 is 0 Å². The average Bonchev–Trinajstić information content (AvgIpc) is 2.93. The highest BCUT2D eigenvalue weighted by Gasteiger charge is 2.30. The van der Waals surface area contributed by atoms with E-state index in [0.717, 1.165) is 31.2 Å². The van der Waals surface area contributed by atoms with Crippen molar-refractivity contribution in [3.8, 4) is 5.75 Å². The predicted octanol–water partition coefficient (Wildman–Crippen LogP) is 5.11. The normalized spacial score (nSPS) is 22.7. The van der Waals surface area contributed by atoms with Crippen LogP contribution in [0.1, 0.15) is 48.8 Å². The van der Waals surface area contributed by atoms with Gasteiger partial charge in [0.05, 0.1) is 5.56 Å². The molecule has 1 N–H and O–H groups in total. The molecule has 1 aromatic carbocycles. The van der Waals surface area contributed by atoms with Gasteiger partial charge < -0.3 is 9.67 Å². The molecule has 3 rings (SSSR count). The first-order valence-electron chi connectivity index (χ1n) is 7.47. The quantitative estimate of drug-likeness (QED) is 0.819. The fourth-order valence-electron chi connectivity index (χ4n) is 3.28. The van der Waals surface area contributed by atoms with Crippen LogP contribution in [0.15, 0.2) is 42.7 Å². The van der Waals surface area contributed by atoms with Crippen LogP contribution in [0.3, 0.4) is 0 Å². The molecule has 0 bridgehead atoms. The lowest BCUT2D eigenvalue weighted by Gasteiger charge is -2.30. The van der Waals surface area contributed by atoms with E-state index in [0.29, 0.717) is 12.0 Å². The number of aromatic hydroxyl groups is 1. The van der Waals surface area contributed by atoms with E-state index in [9.17, 15) is 18.3 Å². The second-order valence-corrected chi connectivity index (χ2v) is 5.94. The van der Waals surface area contributed by atoms with Crippen LogP contribution < -0.4 is 0 Å². The number of benzene rings is 1. The molecule has 0 amide bonds. The van der Waals surface area contributed by atoms with Gasteiger partial charge in [-0.15, -0.1) is 0 Å². The van der Waals surface area contributed by atoms with E-state index in [2.05, 4.69) is 0 Å². The van der Waals surface area contributed by atoms with Gasteiger partial charge in [0.15, 0.2) is 0 Å². The molecule has 0 atom stereocenters. The Kier molecular flexibility index (Phi) is 3.89. The molecule has 1 heterocycles. The largest absolute Gasteiger partial charge is 0.506 e. The number of halogens is 3. The van der Waals surface area contributed by atoms with Gasteiger partial charge in [-0.3, -0.25) is 0 Å². The Morgan fingerprint density at radius 2 is 1.59 bits per heavy atom. The molecule has 1 fully saturated rings. The highest BCUT2D eigenvalue weighted by molar-refractivity contribution is 5.27. The Hall–Kier alpha value is -1.91. The Labute approximate surface area is 127 Å². The minimum absolute atomic E-state index is 0.268. The molecular weight excluding hydrogens is 291 g/mol. The van der Waals surface area contributed by atoms with E-state index in [1.54, 1.807) is 24.4 Å². The Balaban J connectivity index is 1.64. The first-order valence-corrected chi connectivity index (χ1v) is 7.47. The minimum atomic E-state index is -4.27. The summed E-state index contributed by atoms with van der Waals surface area (Å²) in [6.07, 6.45) is 3.18. The predicted molar refractivity (Wildman–Crippen MR) is 77.8 cm³/mol. The van der Waals surface area contributed by atoms with Gasteiger partial charge in [-0.2, -0.15) is 13.2 Å². The molecule has 1 aliphatic rings. The zero-order chi connectivity index (χ0) is 15.7. The van der Waals surface area contributed by atoms with Gasteiger partial charge in [0.25, 0.3) is 0 Å². The Morgan fingerprint density at radius 3 is 2.09 bits per heavy atom. The standard InChI is InChI=1S/C17H18F3NO/c18-17(19,20)14-5-1-12(2-6-14)13-3-7-15(8-4-13)21-10-9-16(22)11-21/h1-2,5-6,9-11,13,15,22H,3-4,7-8H2. The van der Waals surface area contributed by atoms with Crippen LogP contribution in [0, 0.1) is 0 Å². The minimum Gasteiger partial charge on any atom is -0.506 e. The maximum absolute atomic E-state index is 12.6. The summed E-state index contributed by atoms with van der Waals surface area (Å²) < 4.78 is 39.8. The highest BCUT2D eigenvalue weighted by Crippen LogP contribution is 2.39. The fraction of sp³-hybridized carbons (Fsp3) is 0.412. The molecule has 2 nitrogen and oxygen atoms in total. The summed E-state index contributed by atoms with van der Waals surface area (Å²) in [4.78, 5) is 0. The van der Waals surface area contributed by atoms with Crippen LogP contribution in [0.25, 0.3) is 0 Å². The second kappa shape index (κ2) is 5.71. The van der Waals surface area contributed by atoms with Crippen LogP contribution in [-0.4, -0.2) is 9.67 Å². The van der Waals surface area contributed by atoms with Gasteiger partial charge in [-0.05, 0) is 55.4 Å². The first kappa shape index (κ1) is 15.0. The zero-order valence-electron chi connectivity index (χ0n) is 12.1. The van der Waals surface area contributed by atoms with Crippen LogP contribution >= 0.6 is 0 Å². The fourth-order valence-corrected chi connectivity index (χ4v) is 3.28. The van der Waals surface area contributed by atoms with Gasteiger partial charge >= 0.3 is 6.18 Å². The van der Waals surface area contributed by atoms with E-state index < -0.39 is 11.7 Å². The zero-order valence-corrected chi connectivity index (χ0v) is 12.1. The van der Waals surface area contributed by atoms with Gasteiger partial charge in [0.2, 0.25) is 0 Å². The molecular formula is C17H18F3NO. The van der Waals surface area contributed by atoms with Gasteiger partial charge in [0, 0.05) is 18.4 Å². The molecule has 0 radical (unpaired) electrons. The maximum Gasteiger partial charge on any atom is 0.416 e. The molecule has 118 valence electrons. The summed E-state index contributed by atoms with van der Waals surface area (Å²) in [5.74, 6) is 0.590. The molecule has 5 heteroatoms. The topological polar surface area (TPSA) is 25.2 Å². The monoisotopic (exact) mass is 309 g/mol. The summed E-state index contributed by atoms with van der Waals surface area (Å²) in [5.41, 5.74) is 0.398. The molecule has 1 aromatic heterocycles. The molecule has 22 heavy (non-hydrogen) atoms. The Morgan fingerprint density at radius 1 is 0.955 bits per heavy atom. The molecule has 0 unspecified atom stereocenters. The highest BCUT2D eigenvalue weighted by atomic mass is 19.4. The first-order chi connectivity index (χ1) is 10.4. The van der Waals surface area contributed by atoms with Crippen LogP contribution in [0.4, 0.5) is 13.2 Å². The molecule has 1 saturated carbocycles. The summed E-state index contributed by atoms with van der Waals surface area (Å²) in [6.45, 7) is 0. The molecule has 0 aliphatic heterocycles. The third-order valence-corrected chi connectivity index (χ3v) is 4.53. The van der Waals surface area contributed by atoms with Crippen molar-refractivity contribution in [2.75, 3.05) is 0 Å². The molecule has 2 aromatic rings. The van der Waals surface area contributed by atoms with Crippen LogP contribution in [0.2, 0.25) is 0 Å². The molecule has 1 aliphatic carbocycles. The van der Waals surface area contributed by atoms with Gasteiger partial charge in [-0.1, -0.05) is 12.1 Å². The summed E-state index contributed by atoms with van der Waals surface area (Å²) in [7, 11) is 0. The van der Waals surface area contributed by atoms with Crippen molar-refractivity contribution in [3.05, 3.63) is 53.9 Å². The van der Waals surface area contributed by atoms with E-state index in [4.69, 9.17) is 0 Å². The lowest BCUT2D eigenvalue weighted by molar-refractivity contribution is -0.137. The van der Waals surface area contributed by atoms with Crippen molar-refractivity contribution < 1.29 is 18.3 Å². The van der Waals surface area contributed by atoms with Gasteiger partial charge in [-0.25, -0.2) is 0 Å². The SMILES string of the molecule is Oc1ccn(C2CCC(c3ccc(C(F)(F)F)cc3)CC2)c1. The third kappa shape index (κ3) is 3.13. The van der Waals surface area contributed by atoms with E-state index >= 15 is 0 Å². The van der Waals surface area contributed by atoms with E-state index in [1.807, 2.05) is 10.8 Å². The summed E-state index contributed by atoms with van der Waals surface area (Å²) in [6, 6.07) is 7.59. The van der Waals surface area contributed by atoms with E-state index in [-0.39, 0.29) is 5.75 Å². The third-order valence-electron chi connectivity index (χ3n) is 4.53. The lowest BCUT2D eigenvalue weighted by atomic mass is 9.81. The number of nitrogens with zero attached hydrogens (tertiary/aromatic N) is 1. The summed E-state index contributed by atoms with van der Waals surface area (Å²) in [5, 5.41) is 9.39. The number of hydrogen-bond donors (Lipinski definition) is 1. The van der Waals surface area contributed by atoms with E-state index in [1.165, 1.54) is 12.1 Å². The second-order valence-electron chi connectivity index (χ2n) is 5.94. The maximum atomic E-state index is 12.6. The number of aromatic nitrogens is 1. The van der Waals surface area contributed by atoms with Crippen molar-refractivity contribution in [1.29, 1.82) is 0 Å². The Bertz CT molecular complexity index is 622. The van der Waals surface area contributed by atoms with Crippen LogP contribution in [0.5, 0.6) is 5.75 Å². The van der Waals surface area contributed by atoms with Crippen molar-refractivity contribution in [2.45, 2.75) is 43.8 Å². The molecule has 0 spiro atoms. The lowest BCUT2D eigenvalue weighted by Crippen LogP contribution is -2.16. The van der Waals surface area contributed by atoms with Gasteiger partial charge in [0.1, 0.15) is 5.75 Å². The summed E-state index contributed by atoms with van der Waals surface area (Å²) >= 11 is 0. The van der Waals surface area contributed by atoms with Crippen molar-refractivity contribution in [1.82, 2.24) is 4.57 Å². The number of rotatable bonds is 2. The van der Waals surface area contributed by atoms with Crippen molar-refractivity contribution in [2.24, 2.45) is 0 Å². The average molecular weight is 309 g/mol. The van der Waals surface area contributed by atoms with Crippen molar-refractivity contribution in [3.63, 3.8) is 0 Å². The number of alkyl halides is 3. The smallest absolute Gasteiger partial charge is 0.416 e.